The molecule has 0 amide bonds. The van der Waals surface area contributed by atoms with E-state index in [1.807, 2.05) is 0 Å². The minimum atomic E-state index is -4.39. The lowest BCUT2D eigenvalue weighted by molar-refractivity contribution is -0.141. The van der Waals surface area contributed by atoms with E-state index in [1.54, 1.807) is 0 Å². The number of hydrogen-bond donors (Lipinski definition) is 2. The summed E-state index contributed by atoms with van der Waals surface area (Å²) in [5, 5.41) is 16.5. The molecular weight excluding hydrogens is 377 g/mol. The van der Waals surface area contributed by atoms with Crippen molar-refractivity contribution >= 4 is 0 Å². The zero-order valence-corrected chi connectivity index (χ0v) is 17.4. The lowest BCUT2D eigenvalue weighted by Crippen LogP contribution is -2.53. The van der Waals surface area contributed by atoms with Crippen molar-refractivity contribution in [1.29, 1.82) is 0 Å². The topological polar surface area (TPSA) is 48.9 Å². The first-order valence-corrected chi connectivity index (χ1v) is 11.4. The van der Waals surface area contributed by atoms with Crippen LogP contribution >= 0.6 is 0 Å². The van der Waals surface area contributed by atoms with E-state index in [2.05, 4.69) is 24.0 Å². The Balaban J connectivity index is 1.40. The van der Waals surface area contributed by atoms with Crippen LogP contribution < -0.4 is 0 Å². The van der Waals surface area contributed by atoms with E-state index in [1.165, 1.54) is 25.3 Å². The standard InChI is InChI=1S/C23H33F3N2O/c1-21-9-7-14(29)11-13(21)3-4-15-16-5-6-18(22(16,2)10-8-17(15)21)19-12-20(28-27-19)23(24,25)26/h12-18,29H,3-11H2,1-2H3,(H,27,28)/t13?,14?,15-,16-,17-,18?,21-,22-/m0/s1. The number of aromatic amines is 1. The van der Waals surface area contributed by atoms with Gasteiger partial charge in [0.25, 0.3) is 0 Å². The maximum atomic E-state index is 13.1. The molecule has 29 heavy (non-hydrogen) atoms. The summed E-state index contributed by atoms with van der Waals surface area (Å²) in [6.45, 7) is 4.80. The van der Waals surface area contributed by atoms with Crippen LogP contribution in [0.4, 0.5) is 13.2 Å². The zero-order chi connectivity index (χ0) is 20.6. The lowest BCUT2D eigenvalue weighted by atomic mass is 9.44. The summed E-state index contributed by atoms with van der Waals surface area (Å²) in [5.41, 5.74) is 0.288. The Hall–Kier alpha value is -1.04. The SMILES string of the molecule is C[C@]12CCC(O)CC1CC[C@@H]1[C@@H]2CC[C@]2(C)C(c3cc(C(F)(F)F)n[nH]3)CC[C@@H]12. The predicted molar refractivity (Wildman–Crippen MR) is 104 cm³/mol. The molecule has 5 rings (SSSR count). The highest BCUT2D eigenvalue weighted by Crippen LogP contribution is 2.68. The molecule has 3 unspecified atom stereocenters. The summed E-state index contributed by atoms with van der Waals surface area (Å²) < 4.78 is 39.2. The molecule has 0 radical (unpaired) electrons. The number of halogens is 3. The molecule has 1 aromatic heterocycles. The Morgan fingerprint density at radius 2 is 1.72 bits per heavy atom. The van der Waals surface area contributed by atoms with Gasteiger partial charge in [-0.1, -0.05) is 13.8 Å². The largest absolute Gasteiger partial charge is 0.435 e. The van der Waals surface area contributed by atoms with Gasteiger partial charge < -0.3 is 5.11 Å². The second-order valence-corrected chi connectivity index (χ2v) is 11.0. The molecular formula is C23H33F3N2O. The van der Waals surface area contributed by atoms with E-state index in [0.29, 0.717) is 34.8 Å². The maximum Gasteiger partial charge on any atom is 0.435 e. The van der Waals surface area contributed by atoms with Crippen molar-refractivity contribution in [3.8, 4) is 0 Å². The number of aliphatic hydroxyl groups is 1. The number of alkyl halides is 3. The van der Waals surface area contributed by atoms with Crippen molar-refractivity contribution in [3.05, 3.63) is 17.5 Å². The Morgan fingerprint density at radius 3 is 2.45 bits per heavy atom. The number of hydrogen-bond acceptors (Lipinski definition) is 2. The second-order valence-electron chi connectivity index (χ2n) is 11.0. The van der Waals surface area contributed by atoms with Crippen molar-refractivity contribution in [2.45, 2.75) is 89.8 Å². The molecule has 4 saturated carbocycles. The van der Waals surface area contributed by atoms with Gasteiger partial charge in [0.15, 0.2) is 5.69 Å². The van der Waals surface area contributed by atoms with Crippen LogP contribution in [0.25, 0.3) is 0 Å². The summed E-state index contributed by atoms with van der Waals surface area (Å²) in [5.74, 6) is 2.76. The first-order valence-electron chi connectivity index (χ1n) is 11.4. The van der Waals surface area contributed by atoms with Crippen molar-refractivity contribution in [1.82, 2.24) is 10.2 Å². The average molecular weight is 411 g/mol. The van der Waals surface area contributed by atoms with E-state index in [4.69, 9.17) is 0 Å². The van der Waals surface area contributed by atoms with Crippen molar-refractivity contribution in [2.24, 2.45) is 34.5 Å². The molecule has 0 aromatic carbocycles. The Labute approximate surface area is 170 Å². The number of nitrogens with one attached hydrogen (secondary N) is 1. The molecule has 0 spiro atoms. The zero-order valence-electron chi connectivity index (χ0n) is 17.4. The number of aromatic nitrogens is 2. The Morgan fingerprint density at radius 1 is 1.00 bits per heavy atom. The summed E-state index contributed by atoms with van der Waals surface area (Å²) in [4.78, 5) is 0. The van der Waals surface area contributed by atoms with Crippen LogP contribution in [-0.4, -0.2) is 21.4 Å². The van der Waals surface area contributed by atoms with E-state index in [0.717, 1.165) is 38.5 Å². The number of rotatable bonds is 1. The minimum Gasteiger partial charge on any atom is -0.393 e. The third-order valence-electron chi connectivity index (χ3n) is 9.90. The third-order valence-corrected chi connectivity index (χ3v) is 9.90. The quantitative estimate of drug-likeness (QED) is 0.604. The van der Waals surface area contributed by atoms with Crippen LogP contribution in [0.15, 0.2) is 6.07 Å². The smallest absolute Gasteiger partial charge is 0.393 e. The summed E-state index contributed by atoms with van der Waals surface area (Å²) >= 11 is 0. The molecule has 3 nitrogen and oxygen atoms in total. The summed E-state index contributed by atoms with van der Waals surface area (Å²) in [7, 11) is 0. The fourth-order valence-electron chi connectivity index (χ4n) is 8.41. The minimum absolute atomic E-state index is 0.0634. The predicted octanol–water partition coefficient (Wildman–Crippen LogP) is 5.92. The molecule has 1 heterocycles. The lowest BCUT2D eigenvalue weighted by Gasteiger charge is -2.61. The Kier molecular flexibility index (Phi) is 4.44. The van der Waals surface area contributed by atoms with Gasteiger partial charge in [-0.15, -0.1) is 0 Å². The van der Waals surface area contributed by atoms with Crippen LogP contribution in [0.2, 0.25) is 0 Å². The summed E-state index contributed by atoms with van der Waals surface area (Å²) in [6, 6.07) is 1.26. The first-order chi connectivity index (χ1) is 13.6. The Bertz CT molecular complexity index is 776. The number of fused-ring (bicyclic) bond motifs is 5. The van der Waals surface area contributed by atoms with Crippen molar-refractivity contribution in [3.63, 3.8) is 0 Å². The summed E-state index contributed by atoms with van der Waals surface area (Å²) in [6.07, 6.45) is 5.27. The van der Waals surface area contributed by atoms with Crippen LogP contribution in [0.5, 0.6) is 0 Å². The highest BCUT2D eigenvalue weighted by atomic mass is 19.4. The van der Waals surface area contributed by atoms with Gasteiger partial charge in [-0.2, -0.15) is 18.3 Å². The molecule has 4 aliphatic rings. The van der Waals surface area contributed by atoms with Gasteiger partial charge in [0.2, 0.25) is 0 Å². The molecule has 1 aromatic rings. The molecule has 6 heteroatoms. The molecule has 4 fully saturated rings. The van der Waals surface area contributed by atoms with Crippen molar-refractivity contribution < 1.29 is 18.3 Å². The molecule has 2 N–H and O–H groups in total. The van der Waals surface area contributed by atoms with E-state index in [9.17, 15) is 18.3 Å². The number of aliphatic hydroxyl groups excluding tert-OH is 1. The highest BCUT2D eigenvalue weighted by molar-refractivity contribution is 5.22. The van der Waals surface area contributed by atoms with Gasteiger partial charge in [0.05, 0.1) is 6.10 Å². The first kappa shape index (κ1) is 19.9. The van der Waals surface area contributed by atoms with Crippen molar-refractivity contribution in [2.75, 3.05) is 0 Å². The van der Waals surface area contributed by atoms with Gasteiger partial charge >= 0.3 is 6.18 Å². The molecule has 162 valence electrons. The molecule has 0 aliphatic heterocycles. The number of nitrogens with zero attached hydrogens (tertiary/aromatic N) is 1. The highest BCUT2D eigenvalue weighted by Gasteiger charge is 2.60. The van der Waals surface area contributed by atoms with Crippen LogP contribution in [0.1, 0.15) is 88.9 Å². The molecule has 0 saturated heterocycles. The van der Waals surface area contributed by atoms with Crippen LogP contribution in [0.3, 0.4) is 0 Å². The van der Waals surface area contributed by atoms with Gasteiger partial charge in [-0.05, 0) is 98.4 Å². The normalized spacial score (nSPS) is 47.4. The third kappa shape index (κ3) is 2.91. The second kappa shape index (κ2) is 6.48. The van der Waals surface area contributed by atoms with Crippen LogP contribution in [-0.2, 0) is 6.18 Å². The van der Waals surface area contributed by atoms with Crippen LogP contribution in [0, 0.1) is 34.5 Å². The van der Waals surface area contributed by atoms with Gasteiger partial charge in [0, 0.05) is 11.6 Å². The van der Waals surface area contributed by atoms with E-state index < -0.39 is 11.9 Å². The fourth-order valence-corrected chi connectivity index (χ4v) is 8.41. The van der Waals surface area contributed by atoms with Gasteiger partial charge in [-0.3, -0.25) is 5.10 Å². The fraction of sp³-hybridized carbons (Fsp3) is 0.870. The van der Waals surface area contributed by atoms with Gasteiger partial charge in [-0.25, -0.2) is 0 Å². The monoisotopic (exact) mass is 410 g/mol. The average Bonchev–Trinajstić information content (AvgIpc) is 3.26. The molecule has 4 aliphatic carbocycles. The van der Waals surface area contributed by atoms with Gasteiger partial charge in [0.1, 0.15) is 0 Å². The molecule has 0 bridgehead atoms. The van der Waals surface area contributed by atoms with E-state index in [-0.39, 0.29) is 17.4 Å². The number of H-pyrrole nitrogens is 1. The maximum absolute atomic E-state index is 13.1. The molecule has 8 atom stereocenters. The van der Waals surface area contributed by atoms with E-state index >= 15 is 0 Å².